The molecule has 104 valence electrons. The van der Waals surface area contributed by atoms with Crippen molar-refractivity contribution in [2.45, 2.75) is 32.2 Å². The Hall–Kier alpha value is -1.88. The summed E-state index contributed by atoms with van der Waals surface area (Å²) >= 11 is 6.22. The van der Waals surface area contributed by atoms with Gasteiger partial charge in [-0.25, -0.2) is 9.48 Å². The number of benzene rings is 1. The van der Waals surface area contributed by atoms with Crippen LogP contribution in [0.25, 0.3) is 0 Å². The van der Waals surface area contributed by atoms with Crippen molar-refractivity contribution in [1.82, 2.24) is 15.0 Å². The number of aromatic nitrogens is 3. The van der Waals surface area contributed by atoms with E-state index in [1.54, 1.807) is 4.68 Å². The average molecular weight is 292 g/mol. The summed E-state index contributed by atoms with van der Waals surface area (Å²) in [5, 5.41) is 17.6. The van der Waals surface area contributed by atoms with E-state index in [1.165, 1.54) is 0 Å². The fourth-order valence-corrected chi connectivity index (χ4v) is 2.59. The number of carboxylic acid groups (broad SMARTS) is 1. The van der Waals surface area contributed by atoms with Gasteiger partial charge in [0.1, 0.15) is 0 Å². The van der Waals surface area contributed by atoms with E-state index >= 15 is 0 Å². The first-order valence-electron chi connectivity index (χ1n) is 6.48. The van der Waals surface area contributed by atoms with Gasteiger partial charge >= 0.3 is 5.97 Å². The molecule has 1 aromatic heterocycles. The smallest absolute Gasteiger partial charge is 0.358 e. The van der Waals surface area contributed by atoms with Crippen molar-refractivity contribution in [2.75, 3.05) is 0 Å². The van der Waals surface area contributed by atoms with E-state index in [-0.39, 0.29) is 11.6 Å². The van der Waals surface area contributed by atoms with Crippen LogP contribution < -0.4 is 0 Å². The molecule has 0 atom stereocenters. The zero-order chi connectivity index (χ0) is 14.3. The van der Waals surface area contributed by atoms with E-state index < -0.39 is 5.97 Å². The highest BCUT2D eigenvalue weighted by molar-refractivity contribution is 6.31. The lowest BCUT2D eigenvalue weighted by atomic mass is 10.1. The van der Waals surface area contributed by atoms with Gasteiger partial charge < -0.3 is 5.11 Å². The van der Waals surface area contributed by atoms with E-state index in [9.17, 15) is 9.90 Å². The molecule has 1 aliphatic carbocycles. The van der Waals surface area contributed by atoms with Crippen molar-refractivity contribution < 1.29 is 9.90 Å². The Kier molecular flexibility index (Phi) is 3.22. The van der Waals surface area contributed by atoms with Crippen molar-refractivity contribution in [3.63, 3.8) is 0 Å². The molecule has 0 spiro atoms. The van der Waals surface area contributed by atoms with Crippen LogP contribution >= 0.6 is 11.6 Å². The number of hydrogen-bond donors (Lipinski definition) is 1. The van der Waals surface area contributed by atoms with Gasteiger partial charge in [0.05, 0.1) is 12.2 Å². The van der Waals surface area contributed by atoms with E-state index in [0.29, 0.717) is 17.3 Å². The SMILES string of the molecule is Cc1ccc(Cn2nnc(C(=O)O)c2C2CC2)c(Cl)c1. The molecule has 1 aliphatic rings. The number of carbonyl (C=O) groups is 1. The minimum Gasteiger partial charge on any atom is -0.476 e. The third-order valence-electron chi connectivity index (χ3n) is 3.47. The number of halogens is 1. The molecule has 1 saturated carbocycles. The van der Waals surface area contributed by atoms with E-state index in [2.05, 4.69) is 10.3 Å². The highest BCUT2D eigenvalue weighted by Crippen LogP contribution is 2.41. The first-order valence-corrected chi connectivity index (χ1v) is 6.85. The van der Waals surface area contributed by atoms with Gasteiger partial charge in [-0.05, 0) is 37.0 Å². The maximum Gasteiger partial charge on any atom is 0.358 e. The van der Waals surface area contributed by atoms with Gasteiger partial charge in [-0.1, -0.05) is 28.9 Å². The fraction of sp³-hybridized carbons (Fsp3) is 0.357. The van der Waals surface area contributed by atoms with E-state index in [1.807, 2.05) is 25.1 Å². The second-order valence-corrected chi connectivity index (χ2v) is 5.56. The van der Waals surface area contributed by atoms with Crippen molar-refractivity contribution >= 4 is 17.6 Å². The first kappa shape index (κ1) is 13.1. The van der Waals surface area contributed by atoms with Crippen LogP contribution in [0.2, 0.25) is 5.02 Å². The zero-order valence-electron chi connectivity index (χ0n) is 11.0. The lowest BCUT2D eigenvalue weighted by Crippen LogP contribution is -2.09. The Morgan fingerprint density at radius 3 is 2.85 bits per heavy atom. The zero-order valence-corrected chi connectivity index (χ0v) is 11.8. The molecule has 5 nitrogen and oxygen atoms in total. The summed E-state index contributed by atoms with van der Waals surface area (Å²) in [5.41, 5.74) is 2.79. The highest BCUT2D eigenvalue weighted by atomic mass is 35.5. The highest BCUT2D eigenvalue weighted by Gasteiger charge is 2.33. The summed E-state index contributed by atoms with van der Waals surface area (Å²) in [6.07, 6.45) is 1.99. The van der Waals surface area contributed by atoms with Gasteiger partial charge in [0, 0.05) is 10.9 Å². The van der Waals surface area contributed by atoms with Gasteiger partial charge in [-0.2, -0.15) is 0 Å². The number of aromatic carboxylic acids is 1. The molecular weight excluding hydrogens is 278 g/mol. The molecule has 0 amide bonds. The van der Waals surface area contributed by atoms with Crippen molar-refractivity contribution in [3.05, 3.63) is 45.7 Å². The van der Waals surface area contributed by atoms with E-state index in [4.69, 9.17) is 11.6 Å². The Balaban J connectivity index is 1.96. The third-order valence-corrected chi connectivity index (χ3v) is 3.82. The molecule has 6 heteroatoms. The Labute approximate surface area is 121 Å². The number of rotatable bonds is 4. The molecule has 0 radical (unpaired) electrons. The van der Waals surface area contributed by atoms with Crippen LogP contribution in [0.4, 0.5) is 0 Å². The van der Waals surface area contributed by atoms with Crippen molar-refractivity contribution in [2.24, 2.45) is 0 Å². The summed E-state index contributed by atoms with van der Waals surface area (Å²) in [7, 11) is 0. The summed E-state index contributed by atoms with van der Waals surface area (Å²) in [6, 6.07) is 5.81. The Morgan fingerprint density at radius 1 is 1.50 bits per heavy atom. The van der Waals surface area contributed by atoms with Gasteiger partial charge in [0.25, 0.3) is 0 Å². The maximum atomic E-state index is 11.2. The summed E-state index contributed by atoms with van der Waals surface area (Å²) < 4.78 is 1.66. The number of aryl methyl sites for hydroxylation is 1. The van der Waals surface area contributed by atoms with Gasteiger partial charge in [-0.3, -0.25) is 0 Å². The largest absolute Gasteiger partial charge is 0.476 e. The lowest BCUT2D eigenvalue weighted by molar-refractivity contribution is 0.0689. The summed E-state index contributed by atoms with van der Waals surface area (Å²) in [4.78, 5) is 11.2. The standard InChI is InChI=1S/C14H14ClN3O2/c1-8-2-3-10(11(15)6-8)7-18-13(9-4-5-9)12(14(19)20)16-17-18/h2-3,6,9H,4-5,7H2,1H3,(H,19,20). The van der Waals surface area contributed by atoms with Crippen molar-refractivity contribution in [3.8, 4) is 0 Å². The lowest BCUT2D eigenvalue weighted by Gasteiger charge is -2.08. The molecule has 0 bridgehead atoms. The summed E-state index contributed by atoms with van der Waals surface area (Å²) in [5.74, 6) is -0.756. The van der Waals surface area contributed by atoms with Crippen LogP contribution in [0.5, 0.6) is 0 Å². The second-order valence-electron chi connectivity index (χ2n) is 5.16. The Bertz CT molecular complexity index is 677. The molecule has 0 unspecified atom stereocenters. The second kappa shape index (κ2) is 4.90. The molecule has 3 rings (SSSR count). The third kappa shape index (κ3) is 2.41. The topological polar surface area (TPSA) is 68.0 Å². The summed E-state index contributed by atoms with van der Waals surface area (Å²) in [6.45, 7) is 2.43. The van der Waals surface area contributed by atoms with Crippen LogP contribution in [0.1, 0.15) is 46.1 Å². The first-order chi connectivity index (χ1) is 9.56. The molecule has 0 saturated heterocycles. The molecule has 1 fully saturated rings. The predicted molar refractivity (Wildman–Crippen MR) is 74.2 cm³/mol. The normalized spacial score (nSPS) is 14.5. The van der Waals surface area contributed by atoms with E-state index in [0.717, 1.165) is 24.0 Å². The molecule has 1 N–H and O–H groups in total. The molecule has 0 aliphatic heterocycles. The molecule has 2 aromatic rings. The van der Waals surface area contributed by atoms with Crippen LogP contribution in [-0.2, 0) is 6.54 Å². The number of carboxylic acids is 1. The van der Waals surface area contributed by atoms with Crippen LogP contribution in [0, 0.1) is 6.92 Å². The predicted octanol–water partition coefficient (Wildman–Crippen LogP) is 2.86. The minimum absolute atomic E-state index is 0.0655. The van der Waals surface area contributed by atoms with Crippen LogP contribution in [0.3, 0.4) is 0 Å². The Morgan fingerprint density at radius 2 is 2.25 bits per heavy atom. The molecular formula is C14H14ClN3O2. The van der Waals surface area contributed by atoms with Gasteiger partial charge in [-0.15, -0.1) is 5.10 Å². The molecule has 1 heterocycles. The maximum absolute atomic E-state index is 11.2. The van der Waals surface area contributed by atoms with Crippen molar-refractivity contribution in [1.29, 1.82) is 0 Å². The van der Waals surface area contributed by atoms with Crippen LogP contribution in [-0.4, -0.2) is 26.1 Å². The van der Waals surface area contributed by atoms with Gasteiger partial charge in [0.2, 0.25) is 0 Å². The average Bonchev–Trinajstić information content (AvgIpc) is 3.13. The monoisotopic (exact) mass is 291 g/mol. The number of hydrogen-bond acceptors (Lipinski definition) is 3. The van der Waals surface area contributed by atoms with Gasteiger partial charge in [0.15, 0.2) is 5.69 Å². The molecule has 1 aromatic carbocycles. The fourth-order valence-electron chi connectivity index (χ4n) is 2.29. The van der Waals surface area contributed by atoms with Crippen LogP contribution in [0.15, 0.2) is 18.2 Å². The minimum atomic E-state index is -1.02. The number of nitrogens with zero attached hydrogens (tertiary/aromatic N) is 3. The quantitative estimate of drug-likeness (QED) is 0.940. The molecule has 20 heavy (non-hydrogen) atoms.